The molecule has 0 aliphatic rings. The fourth-order valence-electron chi connectivity index (χ4n) is 1.22. The first-order valence-corrected chi connectivity index (χ1v) is 6.04. The van der Waals surface area contributed by atoms with Gasteiger partial charge in [-0.25, -0.2) is 0 Å². The monoisotopic (exact) mass is 255 g/mol. The van der Waals surface area contributed by atoms with Gasteiger partial charge in [0.1, 0.15) is 19.1 Å². The molecule has 0 saturated carbocycles. The zero-order chi connectivity index (χ0) is 13.1. The molecule has 0 heterocycles. The number of anilines is 1. The van der Waals surface area contributed by atoms with Gasteiger partial charge in [-0.2, -0.15) is 0 Å². The Labute approximate surface area is 108 Å². The molecule has 0 aliphatic heterocycles. The van der Waals surface area contributed by atoms with E-state index in [-0.39, 0.29) is 6.79 Å². The number of nitrogens with two attached hydrogens (primary N) is 1. The minimum absolute atomic E-state index is 0.262. The van der Waals surface area contributed by atoms with Crippen molar-refractivity contribution in [1.29, 1.82) is 0 Å². The molecule has 0 aromatic heterocycles. The van der Waals surface area contributed by atoms with Crippen LogP contribution in [0.1, 0.15) is 6.92 Å². The lowest BCUT2D eigenvalue weighted by atomic mass is 10.3. The van der Waals surface area contributed by atoms with Crippen LogP contribution in [0, 0.1) is 0 Å². The van der Waals surface area contributed by atoms with Crippen molar-refractivity contribution in [2.45, 2.75) is 6.92 Å². The first-order chi connectivity index (χ1) is 8.83. The highest BCUT2D eigenvalue weighted by atomic mass is 16.7. The maximum Gasteiger partial charge on any atom is 0.146 e. The molecule has 0 spiro atoms. The van der Waals surface area contributed by atoms with Crippen molar-refractivity contribution in [3.05, 3.63) is 24.3 Å². The first kappa shape index (κ1) is 14.8. The van der Waals surface area contributed by atoms with Crippen molar-refractivity contribution in [3.63, 3.8) is 0 Å². The summed E-state index contributed by atoms with van der Waals surface area (Å²) in [5, 5.41) is 0. The summed E-state index contributed by atoms with van der Waals surface area (Å²) in [6.45, 7) is 5.04. The van der Waals surface area contributed by atoms with Gasteiger partial charge in [-0.15, -0.1) is 0 Å². The van der Waals surface area contributed by atoms with Crippen LogP contribution in [0.5, 0.6) is 5.75 Å². The van der Waals surface area contributed by atoms with Crippen molar-refractivity contribution in [3.8, 4) is 5.75 Å². The number of hydrogen-bond acceptors (Lipinski definition) is 5. The number of ether oxygens (including phenoxy) is 4. The van der Waals surface area contributed by atoms with Crippen molar-refractivity contribution in [1.82, 2.24) is 0 Å². The highest BCUT2D eigenvalue weighted by Gasteiger charge is 1.94. The second-order valence-corrected chi connectivity index (χ2v) is 3.55. The van der Waals surface area contributed by atoms with Crippen LogP contribution >= 0.6 is 0 Å². The van der Waals surface area contributed by atoms with E-state index in [1.54, 1.807) is 12.1 Å². The summed E-state index contributed by atoms with van der Waals surface area (Å²) in [5.74, 6) is 0.782. The molecule has 18 heavy (non-hydrogen) atoms. The van der Waals surface area contributed by atoms with E-state index in [0.717, 1.165) is 11.4 Å². The zero-order valence-electron chi connectivity index (χ0n) is 10.8. The van der Waals surface area contributed by atoms with Crippen molar-refractivity contribution >= 4 is 5.69 Å². The third-order valence-corrected chi connectivity index (χ3v) is 2.12. The zero-order valence-corrected chi connectivity index (χ0v) is 10.8. The van der Waals surface area contributed by atoms with E-state index in [4.69, 9.17) is 24.7 Å². The summed E-state index contributed by atoms with van der Waals surface area (Å²) in [6.07, 6.45) is 0. The molecule has 0 saturated heterocycles. The SMILES string of the molecule is CCOCCOCOCCOc1ccc(N)cc1. The minimum Gasteiger partial charge on any atom is -0.491 e. The Bertz CT molecular complexity index is 302. The summed E-state index contributed by atoms with van der Waals surface area (Å²) in [6, 6.07) is 7.25. The molecule has 0 fully saturated rings. The van der Waals surface area contributed by atoms with E-state index in [2.05, 4.69) is 0 Å². The Hall–Kier alpha value is -1.30. The molecule has 102 valence electrons. The number of hydrogen-bond donors (Lipinski definition) is 1. The van der Waals surface area contributed by atoms with Gasteiger partial charge >= 0.3 is 0 Å². The van der Waals surface area contributed by atoms with E-state index in [0.29, 0.717) is 33.0 Å². The Balaban J connectivity index is 1.91. The van der Waals surface area contributed by atoms with Gasteiger partial charge in [0.05, 0.1) is 19.8 Å². The molecule has 0 bridgehead atoms. The maximum absolute atomic E-state index is 5.56. The van der Waals surface area contributed by atoms with E-state index in [9.17, 15) is 0 Å². The number of nitrogen functional groups attached to an aromatic ring is 1. The average Bonchev–Trinajstić information content (AvgIpc) is 2.39. The minimum atomic E-state index is 0.262. The van der Waals surface area contributed by atoms with Crippen LogP contribution in [-0.4, -0.2) is 39.8 Å². The van der Waals surface area contributed by atoms with Gasteiger partial charge < -0.3 is 24.7 Å². The fraction of sp³-hybridized carbons (Fsp3) is 0.538. The molecule has 0 atom stereocenters. The Kier molecular flexibility index (Phi) is 7.96. The highest BCUT2D eigenvalue weighted by Crippen LogP contribution is 2.12. The third kappa shape index (κ3) is 7.11. The van der Waals surface area contributed by atoms with Crippen LogP contribution in [0.2, 0.25) is 0 Å². The summed E-state index contributed by atoms with van der Waals surface area (Å²) < 4.78 is 21.0. The summed E-state index contributed by atoms with van der Waals surface area (Å²) in [5.41, 5.74) is 6.29. The second kappa shape index (κ2) is 9.70. The maximum atomic E-state index is 5.56. The van der Waals surface area contributed by atoms with E-state index >= 15 is 0 Å². The second-order valence-electron chi connectivity index (χ2n) is 3.55. The number of benzene rings is 1. The molecule has 0 amide bonds. The molecule has 1 aromatic rings. The molecule has 5 nitrogen and oxygen atoms in total. The smallest absolute Gasteiger partial charge is 0.146 e. The molecule has 0 radical (unpaired) electrons. The van der Waals surface area contributed by atoms with Crippen molar-refractivity contribution in [2.24, 2.45) is 0 Å². The van der Waals surface area contributed by atoms with Gasteiger partial charge in [0.25, 0.3) is 0 Å². The fourth-order valence-corrected chi connectivity index (χ4v) is 1.22. The summed E-state index contributed by atoms with van der Waals surface area (Å²) >= 11 is 0. The molecule has 0 unspecified atom stereocenters. The van der Waals surface area contributed by atoms with Crippen LogP contribution in [0.15, 0.2) is 24.3 Å². The predicted molar refractivity (Wildman–Crippen MR) is 69.6 cm³/mol. The summed E-state index contributed by atoms with van der Waals surface area (Å²) in [7, 11) is 0. The van der Waals surface area contributed by atoms with Gasteiger partial charge in [-0.3, -0.25) is 0 Å². The van der Waals surface area contributed by atoms with Gasteiger partial charge in [-0.1, -0.05) is 0 Å². The molecule has 1 rings (SSSR count). The normalized spacial score (nSPS) is 10.5. The van der Waals surface area contributed by atoms with E-state index in [1.165, 1.54) is 0 Å². The van der Waals surface area contributed by atoms with Crippen LogP contribution in [0.4, 0.5) is 5.69 Å². The van der Waals surface area contributed by atoms with E-state index < -0.39 is 0 Å². The Morgan fingerprint density at radius 1 is 0.889 bits per heavy atom. The van der Waals surface area contributed by atoms with Crippen LogP contribution in [0.25, 0.3) is 0 Å². The van der Waals surface area contributed by atoms with Gasteiger partial charge in [0.15, 0.2) is 0 Å². The Morgan fingerprint density at radius 3 is 2.17 bits per heavy atom. The summed E-state index contributed by atoms with van der Waals surface area (Å²) in [4.78, 5) is 0. The highest BCUT2D eigenvalue weighted by molar-refractivity contribution is 5.41. The first-order valence-electron chi connectivity index (χ1n) is 6.04. The predicted octanol–water partition coefficient (Wildman–Crippen LogP) is 1.67. The topological polar surface area (TPSA) is 62.9 Å². The average molecular weight is 255 g/mol. The van der Waals surface area contributed by atoms with Crippen LogP contribution < -0.4 is 10.5 Å². The standard InChI is InChI=1S/C13H21NO4/c1-2-15-7-8-16-11-17-9-10-18-13-5-3-12(14)4-6-13/h3-6H,2,7-11,14H2,1H3. The molecular formula is C13H21NO4. The lowest BCUT2D eigenvalue weighted by molar-refractivity contribution is -0.0736. The lowest BCUT2D eigenvalue weighted by Gasteiger charge is -2.08. The molecule has 2 N–H and O–H groups in total. The van der Waals surface area contributed by atoms with Crippen LogP contribution in [-0.2, 0) is 14.2 Å². The van der Waals surface area contributed by atoms with Crippen molar-refractivity contribution in [2.75, 3.05) is 45.6 Å². The van der Waals surface area contributed by atoms with Gasteiger partial charge in [0.2, 0.25) is 0 Å². The quantitative estimate of drug-likeness (QED) is 0.391. The largest absolute Gasteiger partial charge is 0.491 e. The molecular weight excluding hydrogens is 234 g/mol. The molecule has 5 heteroatoms. The molecule has 1 aromatic carbocycles. The van der Waals surface area contributed by atoms with Crippen molar-refractivity contribution < 1.29 is 18.9 Å². The molecule has 0 aliphatic carbocycles. The Morgan fingerprint density at radius 2 is 1.50 bits per heavy atom. The van der Waals surface area contributed by atoms with E-state index in [1.807, 2.05) is 19.1 Å². The van der Waals surface area contributed by atoms with Crippen LogP contribution in [0.3, 0.4) is 0 Å². The third-order valence-electron chi connectivity index (χ3n) is 2.12. The van der Waals surface area contributed by atoms with Gasteiger partial charge in [-0.05, 0) is 31.2 Å². The number of rotatable bonds is 10. The van der Waals surface area contributed by atoms with Gasteiger partial charge in [0, 0.05) is 12.3 Å². The lowest BCUT2D eigenvalue weighted by Crippen LogP contribution is -2.11.